The van der Waals surface area contributed by atoms with Crippen LogP contribution >= 0.6 is 56.9 Å². The summed E-state index contributed by atoms with van der Waals surface area (Å²) < 4.78 is 27.6. The second-order valence-electron chi connectivity index (χ2n) is 18.5. The molecular formula is C93H166N16O5S5. The Hall–Kier alpha value is -9.60. The van der Waals surface area contributed by atoms with Gasteiger partial charge in [-0.2, -0.15) is 5.10 Å². The van der Waals surface area contributed by atoms with Gasteiger partial charge in [0.15, 0.2) is 12.3 Å². The molecule has 0 bridgehead atoms. The van der Waals surface area contributed by atoms with E-state index in [1.54, 1.807) is 147 Å². The van der Waals surface area contributed by atoms with Crippen molar-refractivity contribution in [2.75, 3.05) is 0 Å². The number of aryl methyl sites for hydroxylation is 17. The fraction of sp³-hybridized carbons (Fsp3) is 0.462. The monoisotopic (exact) mass is 1750 g/mol. The Morgan fingerprint density at radius 3 is 1.00 bits per heavy atom. The molecule has 14 heterocycles. The van der Waals surface area contributed by atoms with Crippen LogP contribution in [0.15, 0.2) is 223 Å². The lowest BCUT2D eigenvalue weighted by Gasteiger charge is -1.82. The molecule has 0 unspecified atom stereocenters. The lowest BCUT2D eigenvalue weighted by molar-refractivity contribution is 0.397. The number of nitrogens with zero attached hydrogens (tertiary/aromatic N) is 12. The lowest BCUT2D eigenvalue weighted by atomic mass is 10.2. The number of oxazole rings is 2. The van der Waals surface area contributed by atoms with Gasteiger partial charge in [0.2, 0.25) is 11.8 Å². The molecule has 0 aliphatic heterocycles. The molecule has 15 aromatic rings. The van der Waals surface area contributed by atoms with Crippen molar-refractivity contribution in [2.24, 2.45) is 0 Å². The fourth-order valence-corrected chi connectivity index (χ4v) is 7.75. The summed E-state index contributed by atoms with van der Waals surface area (Å²) in [5, 5.41) is 34.0. The molecule has 14 aromatic heterocycles. The molecule has 119 heavy (non-hydrogen) atoms. The average molecular weight is 1750 g/mol. The predicted molar refractivity (Wildman–Crippen MR) is 526 cm³/mol. The third kappa shape index (κ3) is 122. The van der Waals surface area contributed by atoms with Gasteiger partial charge in [-0.1, -0.05) is 233 Å². The van der Waals surface area contributed by atoms with Crippen molar-refractivity contribution in [3.05, 3.63) is 293 Å². The second-order valence-corrected chi connectivity index (χ2v) is 24.3. The first-order valence-corrected chi connectivity index (χ1v) is 45.8. The molecule has 0 amide bonds. The number of hydrogen-bond acceptors (Lipinski definition) is 22. The van der Waals surface area contributed by atoms with Gasteiger partial charge >= 0.3 is 0 Å². The van der Waals surface area contributed by atoms with Crippen molar-refractivity contribution in [2.45, 2.75) is 298 Å². The van der Waals surface area contributed by atoms with Gasteiger partial charge in [-0.05, 0) is 168 Å². The summed E-state index contributed by atoms with van der Waals surface area (Å²) in [5.41, 5.74) is 4.75. The van der Waals surface area contributed by atoms with Gasteiger partial charge < -0.3 is 37.1 Å². The van der Waals surface area contributed by atoms with Gasteiger partial charge in [-0.25, -0.2) is 24.3 Å². The molecule has 0 saturated carbocycles. The minimum atomic E-state index is 0.623. The number of aromatic amines is 4. The van der Waals surface area contributed by atoms with E-state index in [2.05, 4.69) is 152 Å². The number of hydrogen-bond donors (Lipinski definition) is 4. The number of benzene rings is 1. The number of rotatable bonds is 0. The van der Waals surface area contributed by atoms with Crippen molar-refractivity contribution < 1.29 is 22.2 Å². The van der Waals surface area contributed by atoms with Gasteiger partial charge in [0.25, 0.3) is 0 Å². The van der Waals surface area contributed by atoms with Crippen LogP contribution in [0.5, 0.6) is 0 Å². The Kier molecular flexibility index (Phi) is 144. The van der Waals surface area contributed by atoms with Gasteiger partial charge in [-0.3, -0.25) is 10.1 Å². The summed E-state index contributed by atoms with van der Waals surface area (Å²) in [6.45, 7) is 85.0. The molecule has 15 rings (SSSR count). The minimum Gasteiger partial charge on any atom is -0.470 e. The van der Waals surface area contributed by atoms with E-state index in [9.17, 15) is 0 Å². The highest BCUT2D eigenvalue weighted by atomic mass is 32.1. The van der Waals surface area contributed by atoms with Crippen LogP contribution in [0.2, 0.25) is 0 Å². The smallest absolute Gasteiger partial charge is 0.213 e. The van der Waals surface area contributed by atoms with Crippen LogP contribution in [-0.2, 0) is 0 Å². The molecule has 0 saturated heterocycles. The van der Waals surface area contributed by atoms with Crippen LogP contribution in [0.3, 0.4) is 0 Å². The summed E-state index contributed by atoms with van der Waals surface area (Å²) in [5.74, 6) is 5.61. The number of imidazole rings is 2. The Morgan fingerprint density at radius 2 is 0.874 bits per heavy atom. The molecule has 26 heteroatoms. The molecule has 0 radical (unpaired) electrons. The van der Waals surface area contributed by atoms with E-state index in [-0.39, 0.29) is 0 Å². The van der Waals surface area contributed by atoms with Crippen LogP contribution < -0.4 is 0 Å². The molecule has 21 nitrogen and oxygen atoms in total. The highest BCUT2D eigenvalue weighted by Crippen LogP contribution is 2.06. The van der Waals surface area contributed by atoms with Gasteiger partial charge in [0, 0.05) is 107 Å². The number of thiophene rings is 2. The first-order valence-electron chi connectivity index (χ1n) is 41.5. The van der Waals surface area contributed by atoms with Crippen LogP contribution in [0.4, 0.5) is 0 Å². The Balaban J connectivity index is -0.0000000902. The van der Waals surface area contributed by atoms with Gasteiger partial charge in [0.1, 0.15) is 39.4 Å². The number of furan rings is 1. The van der Waals surface area contributed by atoms with Crippen molar-refractivity contribution >= 4 is 56.9 Å². The van der Waals surface area contributed by atoms with Crippen molar-refractivity contribution in [3.8, 4) is 0 Å². The van der Waals surface area contributed by atoms with E-state index in [1.807, 2.05) is 322 Å². The molecule has 0 atom stereocenters. The van der Waals surface area contributed by atoms with E-state index in [0.29, 0.717) is 11.8 Å². The van der Waals surface area contributed by atoms with E-state index >= 15 is 0 Å². The van der Waals surface area contributed by atoms with Crippen molar-refractivity contribution in [3.63, 3.8) is 0 Å². The van der Waals surface area contributed by atoms with E-state index in [0.717, 1.165) is 55.4 Å². The standard InChI is InChI=1S/C7H8.C5H7N.C5H6O.2C5H6S.C4H6N2O.C4H6N2S.3C4H6N2.3C4H5NO.2C4H5NS.13C2H6/c1-7-5-3-2-4-6-7;4*1-5-3-2-4-6-5;2*1-3-5-6-4(2)7-3;1-4-2-5-3-6-4;1-4-5-2-3-6-4;1-4-2-3-5-6-4;1-4-2-5-3-6-4;1-4-5-2-3-6-4;1-4-2-3-5-6-4;1-4-5-2-3-6-4;1-4-2-3-5-6-4;13*1-2/h2-6H,1H3;2-4,6H,1H3;3*2-4H,1H3;2*1-2H3;3*2-3H,1H3,(H,5,6);5*2-3H,1H3;13*1-2H3. The number of thiazole rings is 1. The quantitative estimate of drug-likeness (QED) is 0.110. The Bertz CT molecular complexity index is 2990. The zero-order valence-electron chi connectivity index (χ0n) is 82.0. The molecule has 0 spiro atoms. The highest BCUT2D eigenvalue weighted by Gasteiger charge is 1.90. The van der Waals surface area contributed by atoms with E-state index < -0.39 is 0 Å². The van der Waals surface area contributed by atoms with Crippen molar-refractivity contribution in [1.82, 2.24) is 80.0 Å². The van der Waals surface area contributed by atoms with Crippen LogP contribution in [0.1, 0.15) is 273 Å². The maximum absolute atomic E-state index is 4.86. The third-order valence-corrected chi connectivity index (χ3v) is 13.4. The lowest BCUT2D eigenvalue weighted by Crippen LogP contribution is -1.68. The zero-order chi connectivity index (χ0) is 94.5. The molecule has 0 aliphatic rings. The first kappa shape index (κ1) is 138. The van der Waals surface area contributed by atoms with Gasteiger partial charge in [0.05, 0.1) is 36.2 Å². The average Bonchev–Trinajstić information content (AvgIpc) is 1.92. The second kappa shape index (κ2) is 124. The summed E-state index contributed by atoms with van der Waals surface area (Å²) in [4.78, 5) is 31.8. The predicted octanol–water partition coefficient (Wildman–Crippen LogP) is 32.2. The molecule has 1 aromatic carbocycles. The van der Waals surface area contributed by atoms with Crippen LogP contribution in [0.25, 0.3) is 0 Å². The summed E-state index contributed by atoms with van der Waals surface area (Å²) in [7, 11) is 0. The third-order valence-electron chi connectivity index (χ3n) is 9.65. The summed E-state index contributed by atoms with van der Waals surface area (Å²) in [6.07, 6.45) is 23.8. The maximum Gasteiger partial charge on any atom is 0.213 e. The summed E-state index contributed by atoms with van der Waals surface area (Å²) >= 11 is 8.37. The maximum atomic E-state index is 4.86. The van der Waals surface area contributed by atoms with Gasteiger partial charge in [-0.15, -0.1) is 65.7 Å². The molecule has 0 fully saturated rings. The molecule has 678 valence electrons. The first-order chi connectivity index (χ1) is 57.7. The van der Waals surface area contributed by atoms with E-state index in [4.69, 9.17) is 17.7 Å². The SMILES string of the molecule is CC.CC.CC.CC.CC.CC.CC.CC.CC.CC.CC.CC.CC.Cc1ccc[nH]1.Cc1ccccc1.Cc1ccco1.Cc1cccs1.Cc1cccs1.Cc1ccn[nH]1.Cc1ccno1.Cc1ccns1.Cc1cnc[nH]1.Cc1cnco1.Cc1ncc[nH]1.Cc1ncco1.Cc1nccs1.Cc1nnc(C)o1.Cc1nnc(C)s1. The molecule has 4 N–H and O–H groups in total. The van der Waals surface area contributed by atoms with Crippen LogP contribution in [0, 0.1) is 118 Å². The topological polar surface area (TPSA) is 284 Å². The number of aromatic nitrogens is 16. The van der Waals surface area contributed by atoms with Crippen LogP contribution in [-0.4, -0.2) is 80.0 Å². The normalized spacial score (nSPS) is 7.62. The van der Waals surface area contributed by atoms with E-state index in [1.165, 1.54) is 43.8 Å². The summed E-state index contributed by atoms with van der Waals surface area (Å²) in [6, 6.07) is 32.1. The molecule has 0 aliphatic carbocycles. The zero-order valence-corrected chi connectivity index (χ0v) is 86.1. The Labute approximate surface area is 745 Å². The largest absolute Gasteiger partial charge is 0.470 e. The highest BCUT2D eigenvalue weighted by molar-refractivity contribution is 7.11. The minimum absolute atomic E-state index is 0.623. The number of H-pyrrole nitrogens is 4. The van der Waals surface area contributed by atoms with Crippen molar-refractivity contribution in [1.29, 1.82) is 0 Å². The Morgan fingerprint density at radius 1 is 0.328 bits per heavy atom. The molecular weight excluding hydrogens is 1580 g/mol. The fourth-order valence-electron chi connectivity index (χ4n) is 5.25. The number of nitrogens with one attached hydrogen (secondary N) is 4.